The van der Waals surface area contributed by atoms with E-state index >= 15 is 0 Å². The molecule has 1 amide bonds. The Balaban J connectivity index is 2.95. The van der Waals surface area contributed by atoms with Crippen LogP contribution in [-0.4, -0.2) is 5.91 Å². The topological polar surface area (TPSA) is 29.1 Å². The fraction of sp³-hybridized carbons (Fsp3) is 0.462. The molecule has 0 atom stereocenters. The van der Waals surface area contributed by atoms with E-state index in [0.29, 0.717) is 5.56 Å². The van der Waals surface area contributed by atoms with Crippen molar-refractivity contribution in [3.8, 4) is 0 Å². The third-order valence-electron chi connectivity index (χ3n) is 2.44. The van der Waals surface area contributed by atoms with Gasteiger partial charge in [-0.1, -0.05) is 32.9 Å². The van der Waals surface area contributed by atoms with E-state index in [2.05, 4.69) is 26.1 Å². The number of carbonyl (C=O) groups excluding carboxylic acids is 1. The molecule has 0 saturated carbocycles. The summed E-state index contributed by atoms with van der Waals surface area (Å²) >= 11 is 0. The molecule has 0 bridgehead atoms. The third kappa shape index (κ3) is 3.33. The molecule has 16 heavy (non-hydrogen) atoms. The van der Waals surface area contributed by atoms with Crippen molar-refractivity contribution < 1.29 is 9.18 Å². The maximum absolute atomic E-state index is 13.5. The Morgan fingerprint density at radius 3 is 2.50 bits per heavy atom. The molecule has 1 rings (SSSR count). The van der Waals surface area contributed by atoms with Crippen LogP contribution in [0.15, 0.2) is 18.2 Å². The second-order valence-corrected chi connectivity index (χ2v) is 4.97. The number of hydrogen-bond acceptors (Lipinski definition) is 1. The number of hydrogen-bond donors (Lipinski definition) is 1. The Hall–Kier alpha value is -1.38. The summed E-state index contributed by atoms with van der Waals surface area (Å²) in [5, 5.41) is 2.60. The second-order valence-electron chi connectivity index (χ2n) is 4.97. The standard InChI is InChI=1S/C13H18FNO/c1-9(16)15-8-10-7-11(13(2,3)4)5-6-12(10)14/h5-7H,8H2,1-4H3,(H,15,16). The van der Waals surface area contributed by atoms with Crippen LogP contribution in [0.1, 0.15) is 38.8 Å². The van der Waals surface area contributed by atoms with E-state index in [1.54, 1.807) is 6.07 Å². The minimum Gasteiger partial charge on any atom is -0.352 e. The summed E-state index contributed by atoms with van der Waals surface area (Å²) in [7, 11) is 0. The first-order chi connectivity index (χ1) is 7.30. The molecule has 0 unspecified atom stereocenters. The van der Waals surface area contributed by atoms with Gasteiger partial charge in [0.15, 0.2) is 0 Å². The van der Waals surface area contributed by atoms with Crippen LogP contribution in [0, 0.1) is 5.82 Å². The van der Waals surface area contributed by atoms with Crippen LogP contribution in [0.4, 0.5) is 4.39 Å². The Bertz CT molecular complexity index is 393. The van der Waals surface area contributed by atoms with E-state index in [1.165, 1.54) is 13.0 Å². The van der Waals surface area contributed by atoms with Crippen molar-refractivity contribution in [1.82, 2.24) is 5.32 Å². The molecule has 0 aliphatic rings. The SMILES string of the molecule is CC(=O)NCc1cc(C(C)(C)C)ccc1F. The Kier molecular flexibility index (Phi) is 3.68. The first-order valence-corrected chi connectivity index (χ1v) is 5.34. The second kappa shape index (κ2) is 4.64. The molecular weight excluding hydrogens is 205 g/mol. The zero-order valence-corrected chi connectivity index (χ0v) is 10.2. The van der Waals surface area contributed by atoms with Crippen LogP contribution < -0.4 is 5.32 Å². The molecule has 0 aliphatic carbocycles. The van der Waals surface area contributed by atoms with Gasteiger partial charge in [-0.2, -0.15) is 0 Å². The highest BCUT2D eigenvalue weighted by molar-refractivity contribution is 5.72. The van der Waals surface area contributed by atoms with Crippen molar-refractivity contribution in [3.05, 3.63) is 35.1 Å². The summed E-state index contributed by atoms with van der Waals surface area (Å²) in [5.74, 6) is -0.428. The number of rotatable bonds is 2. The molecular formula is C13H18FNO. The number of carbonyl (C=O) groups is 1. The summed E-state index contributed by atoms with van der Waals surface area (Å²) in [4.78, 5) is 10.8. The molecule has 2 nitrogen and oxygen atoms in total. The van der Waals surface area contributed by atoms with Crippen LogP contribution in [0.5, 0.6) is 0 Å². The summed E-state index contributed by atoms with van der Waals surface area (Å²) in [6.07, 6.45) is 0. The van der Waals surface area contributed by atoms with Crippen LogP contribution in [0.2, 0.25) is 0 Å². The Morgan fingerprint density at radius 2 is 2.00 bits per heavy atom. The van der Waals surface area contributed by atoms with Gasteiger partial charge >= 0.3 is 0 Å². The summed E-state index contributed by atoms with van der Waals surface area (Å²) < 4.78 is 13.5. The zero-order valence-electron chi connectivity index (χ0n) is 10.2. The molecule has 0 saturated heterocycles. The minimum atomic E-state index is -0.276. The molecule has 0 aromatic heterocycles. The van der Waals surface area contributed by atoms with E-state index in [-0.39, 0.29) is 23.7 Å². The summed E-state index contributed by atoms with van der Waals surface area (Å²) in [5.41, 5.74) is 1.58. The summed E-state index contributed by atoms with van der Waals surface area (Å²) in [6.45, 7) is 7.88. The monoisotopic (exact) mass is 223 g/mol. The van der Waals surface area contributed by atoms with E-state index in [9.17, 15) is 9.18 Å². The number of halogens is 1. The zero-order chi connectivity index (χ0) is 12.3. The maximum atomic E-state index is 13.5. The van der Waals surface area contributed by atoms with Gasteiger partial charge in [0.2, 0.25) is 5.91 Å². The molecule has 88 valence electrons. The van der Waals surface area contributed by atoms with Gasteiger partial charge in [-0.15, -0.1) is 0 Å². The molecule has 1 N–H and O–H groups in total. The van der Waals surface area contributed by atoms with Gasteiger partial charge in [0, 0.05) is 19.0 Å². The molecule has 0 radical (unpaired) electrons. The Morgan fingerprint density at radius 1 is 1.38 bits per heavy atom. The molecule has 0 spiro atoms. The quantitative estimate of drug-likeness (QED) is 0.820. The molecule has 1 aromatic carbocycles. The van der Waals surface area contributed by atoms with Gasteiger partial charge < -0.3 is 5.32 Å². The normalized spacial score (nSPS) is 11.3. The van der Waals surface area contributed by atoms with Crippen molar-refractivity contribution in [2.24, 2.45) is 0 Å². The molecule has 1 aromatic rings. The van der Waals surface area contributed by atoms with Crippen molar-refractivity contribution in [3.63, 3.8) is 0 Å². The largest absolute Gasteiger partial charge is 0.352 e. The predicted octanol–water partition coefficient (Wildman–Crippen LogP) is 2.76. The lowest BCUT2D eigenvalue weighted by Gasteiger charge is -2.20. The predicted molar refractivity (Wildman–Crippen MR) is 62.6 cm³/mol. The minimum absolute atomic E-state index is 0.0152. The summed E-state index contributed by atoms with van der Waals surface area (Å²) in [6, 6.07) is 5.05. The van der Waals surface area contributed by atoms with Gasteiger partial charge in [0.05, 0.1) is 0 Å². The average molecular weight is 223 g/mol. The van der Waals surface area contributed by atoms with Crippen molar-refractivity contribution in [2.75, 3.05) is 0 Å². The van der Waals surface area contributed by atoms with E-state index < -0.39 is 0 Å². The van der Waals surface area contributed by atoms with Crippen LogP contribution in [0.3, 0.4) is 0 Å². The number of amides is 1. The first kappa shape index (κ1) is 12.7. The van der Waals surface area contributed by atoms with E-state index in [1.807, 2.05) is 6.07 Å². The van der Waals surface area contributed by atoms with Crippen molar-refractivity contribution in [1.29, 1.82) is 0 Å². The van der Waals surface area contributed by atoms with Gasteiger partial charge in [-0.25, -0.2) is 4.39 Å². The van der Waals surface area contributed by atoms with E-state index in [0.717, 1.165) is 5.56 Å². The lowest BCUT2D eigenvalue weighted by Crippen LogP contribution is -2.20. The van der Waals surface area contributed by atoms with Crippen LogP contribution >= 0.6 is 0 Å². The molecule has 3 heteroatoms. The maximum Gasteiger partial charge on any atom is 0.217 e. The fourth-order valence-electron chi connectivity index (χ4n) is 1.40. The van der Waals surface area contributed by atoms with Gasteiger partial charge in [0.1, 0.15) is 5.82 Å². The molecule has 0 fully saturated rings. The van der Waals surface area contributed by atoms with Crippen LogP contribution in [-0.2, 0) is 16.8 Å². The van der Waals surface area contributed by atoms with Gasteiger partial charge in [0.25, 0.3) is 0 Å². The third-order valence-corrected chi connectivity index (χ3v) is 2.44. The lowest BCUT2D eigenvalue weighted by molar-refractivity contribution is -0.119. The molecule has 0 aliphatic heterocycles. The highest BCUT2D eigenvalue weighted by Crippen LogP contribution is 2.24. The molecule has 0 heterocycles. The first-order valence-electron chi connectivity index (χ1n) is 5.34. The highest BCUT2D eigenvalue weighted by Gasteiger charge is 2.15. The lowest BCUT2D eigenvalue weighted by atomic mass is 9.86. The van der Waals surface area contributed by atoms with Gasteiger partial charge in [-0.05, 0) is 17.0 Å². The van der Waals surface area contributed by atoms with Crippen molar-refractivity contribution >= 4 is 5.91 Å². The average Bonchev–Trinajstić information content (AvgIpc) is 2.14. The smallest absolute Gasteiger partial charge is 0.217 e. The fourth-order valence-corrected chi connectivity index (χ4v) is 1.40. The number of benzene rings is 1. The van der Waals surface area contributed by atoms with Crippen LogP contribution in [0.25, 0.3) is 0 Å². The van der Waals surface area contributed by atoms with Crippen molar-refractivity contribution in [2.45, 2.75) is 39.7 Å². The number of nitrogens with one attached hydrogen (secondary N) is 1. The van der Waals surface area contributed by atoms with E-state index in [4.69, 9.17) is 0 Å². The highest BCUT2D eigenvalue weighted by atomic mass is 19.1. The van der Waals surface area contributed by atoms with Gasteiger partial charge in [-0.3, -0.25) is 4.79 Å². The Labute approximate surface area is 95.9 Å².